The van der Waals surface area contributed by atoms with Crippen LogP contribution in [0.15, 0.2) is 12.4 Å². The highest BCUT2D eigenvalue weighted by Gasteiger charge is 2.10. The topological polar surface area (TPSA) is 50.1 Å². The Morgan fingerprint density at radius 2 is 2.36 bits per heavy atom. The lowest BCUT2D eigenvalue weighted by Gasteiger charge is -2.08. The van der Waals surface area contributed by atoms with Gasteiger partial charge < -0.3 is 10.4 Å². The Morgan fingerprint density at radius 1 is 1.64 bits per heavy atom. The van der Waals surface area contributed by atoms with Crippen molar-refractivity contribution >= 4 is 0 Å². The van der Waals surface area contributed by atoms with Crippen molar-refractivity contribution in [2.75, 3.05) is 6.54 Å². The molecule has 0 fully saturated rings. The summed E-state index contributed by atoms with van der Waals surface area (Å²) in [4.78, 5) is 3.77. The van der Waals surface area contributed by atoms with Crippen molar-refractivity contribution in [3.05, 3.63) is 18.2 Å². The van der Waals surface area contributed by atoms with E-state index in [1.807, 2.05) is 0 Å². The lowest BCUT2D eigenvalue weighted by Crippen LogP contribution is -2.25. The van der Waals surface area contributed by atoms with Crippen LogP contribution in [0, 0.1) is 0 Å². The molecule has 1 unspecified atom stereocenters. The Hall–Kier alpha value is -1.01. The van der Waals surface area contributed by atoms with Gasteiger partial charge in [0.25, 0.3) is 0 Å². The van der Waals surface area contributed by atoms with Gasteiger partial charge in [-0.1, -0.05) is 0 Å². The van der Waals surface area contributed by atoms with E-state index in [4.69, 9.17) is 5.11 Å². The van der Waals surface area contributed by atoms with E-state index in [2.05, 4.69) is 10.3 Å². The molecule has 1 aromatic heterocycles. The van der Waals surface area contributed by atoms with Crippen LogP contribution in [0.3, 0.4) is 0 Å². The van der Waals surface area contributed by atoms with Crippen molar-refractivity contribution in [1.82, 2.24) is 14.9 Å². The highest BCUT2D eigenvalue weighted by atomic mass is 19.3. The summed E-state index contributed by atoms with van der Waals surface area (Å²) in [5.74, 6) is 0.264. The molecule has 1 aromatic rings. The van der Waals surface area contributed by atoms with Gasteiger partial charge in [0.15, 0.2) is 0 Å². The summed E-state index contributed by atoms with van der Waals surface area (Å²) in [5, 5.41) is 11.7. The summed E-state index contributed by atoms with van der Waals surface area (Å²) in [6, 6.07) is 0. The summed E-state index contributed by atoms with van der Waals surface area (Å²) >= 11 is 0. The standard InChI is InChI=1S/C8H13F2N3O/c1-6(14)4-11-5-7-12-2-3-13(7)8(9)10/h2-3,6,8,11,14H,4-5H2,1H3. The summed E-state index contributed by atoms with van der Waals surface area (Å²) < 4.78 is 25.4. The molecule has 2 N–H and O–H groups in total. The van der Waals surface area contributed by atoms with Crippen LogP contribution in [-0.2, 0) is 6.54 Å². The molecule has 0 amide bonds. The molecule has 0 radical (unpaired) electrons. The minimum absolute atomic E-state index is 0.224. The molecule has 0 spiro atoms. The molecule has 0 saturated carbocycles. The first-order valence-corrected chi connectivity index (χ1v) is 4.30. The fraction of sp³-hybridized carbons (Fsp3) is 0.625. The van der Waals surface area contributed by atoms with Crippen LogP contribution in [0.2, 0.25) is 0 Å². The fourth-order valence-corrected chi connectivity index (χ4v) is 1.05. The molecule has 0 aliphatic rings. The molecule has 0 aliphatic heterocycles. The summed E-state index contributed by atoms with van der Waals surface area (Å²) in [6.45, 7) is -0.369. The SMILES string of the molecule is CC(O)CNCc1nccn1C(F)F. The molecule has 1 atom stereocenters. The zero-order valence-corrected chi connectivity index (χ0v) is 7.82. The number of hydrogen-bond acceptors (Lipinski definition) is 3. The van der Waals surface area contributed by atoms with Gasteiger partial charge >= 0.3 is 6.55 Å². The lowest BCUT2D eigenvalue weighted by molar-refractivity contribution is 0.0664. The number of nitrogens with one attached hydrogen (secondary N) is 1. The Bertz CT molecular complexity index is 275. The van der Waals surface area contributed by atoms with Gasteiger partial charge in [-0.15, -0.1) is 0 Å². The van der Waals surface area contributed by atoms with E-state index in [1.54, 1.807) is 6.92 Å². The number of aliphatic hydroxyl groups excluding tert-OH is 1. The number of aromatic nitrogens is 2. The molecule has 1 heterocycles. The summed E-state index contributed by atoms with van der Waals surface area (Å²) in [5.41, 5.74) is 0. The first kappa shape index (κ1) is 11.1. The molecule has 14 heavy (non-hydrogen) atoms. The molecule has 6 heteroatoms. The van der Waals surface area contributed by atoms with E-state index in [-0.39, 0.29) is 12.4 Å². The van der Waals surface area contributed by atoms with E-state index >= 15 is 0 Å². The molecule has 4 nitrogen and oxygen atoms in total. The van der Waals surface area contributed by atoms with Crippen molar-refractivity contribution in [1.29, 1.82) is 0 Å². The maximum Gasteiger partial charge on any atom is 0.319 e. The van der Waals surface area contributed by atoms with Gasteiger partial charge in [-0.25, -0.2) is 4.98 Å². The molecule has 1 rings (SSSR count). The number of rotatable bonds is 5. The Labute approximate surface area is 80.6 Å². The molecule has 80 valence electrons. The quantitative estimate of drug-likeness (QED) is 0.745. The van der Waals surface area contributed by atoms with Gasteiger partial charge in [0.1, 0.15) is 5.82 Å². The highest BCUT2D eigenvalue weighted by Crippen LogP contribution is 2.11. The van der Waals surface area contributed by atoms with E-state index in [9.17, 15) is 8.78 Å². The third-order valence-electron chi connectivity index (χ3n) is 1.68. The van der Waals surface area contributed by atoms with Crippen LogP contribution in [-0.4, -0.2) is 27.3 Å². The number of imidazole rings is 1. The molecule has 0 aromatic carbocycles. The summed E-state index contributed by atoms with van der Waals surface area (Å²) in [7, 11) is 0. The van der Waals surface area contributed by atoms with E-state index < -0.39 is 12.7 Å². The van der Waals surface area contributed by atoms with Crippen LogP contribution in [0.4, 0.5) is 8.78 Å². The monoisotopic (exact) mass is 205 g/mol. The largest absolute Gasteiger partial charge is 0.392 e. The van der Waals surface area contributed by atoms with Gasteiger partial charge in [0, 0.05) is 18.9 Å². The molecule has 0 aliphatic carbocycles. The zero-order chi connectivity index (χ0) is 10.6. The first-order valence-electron chi connectivity index (χ1n) is 4.30. The number of nitrogens with zero attached hydrogens (tertiary/aromatic N) is 2. The number of hydrogen-bond donors (Lipinski definition) is 2. The Kier molecular flexibility index (Phi) is 3.97. The predicted molar refractivity (Wildman–Crippen MR) is 46.9 cm³/mol. The minimum Gasteiger partial charge on any atom is -0.392 e. The van der Waals surface area contributed by atoms with Gasteiger partial charge in [-0.2, -0.15) is 8.78 Å². The second kappa shape index (κ2) is 5.02. The molecular formula is C8H13F2N3O. The second-order valence-electron chi connectivity index (χ2n) is 3.01. The maximum atomic E-state index is 12.3. The normalized spacial score (nSPS) is 13.5. The minimum atomic E-state index is -2.57. The third-order valence-corrected chi connectivity index (χ3v) is 1.68. The maximum absolute atomic E-state index is 12.3. The average molecular weight is 205 g/mol. The van der Waals surface area contributed by atoms with Crippen LogP contribution in [0.25, 0.3) is 0 Å². The number of alkyl halides is 2. The van der Waals surface area contributed by atoms with E-state index in [0.717, 1.165) is 4.57 Å². The zero-order valence-electron chi connectivity index (χ0n) is 7.82. The number of aliphatic hydroxyl groups is 1. The van der Waals surface area contributed by atoms with Gasteiger partial charge in [-0.05, 0) is 6.92 Å². The van der Waals surface area contributed by atoms with E-state index in [1.165, 1.54) is 12.4 Å². The average Bonchev–Trinajstić information content (AvgIpc) is 2.51. The van der Waals surface area contributed by atoms with Gasteiger partial charge in [0.2, 0.25) is 0 Å². The first-order chi connectivity index (χ1) is 6.61. The van der Waals surface area contributed by atoms with Crippen molar-refractivity contribution in [3.63, 3.8) is 0 Å². The smallest absolute Gasteiger partial charge is 0.319 e. The lowest BCUT2D eigenvalue weighted by atomic mass is 10.4. The van der Waals surface area contributed by atoms with Crippen molar-refractivity contribution < 1.29 is 13.9 Å². The number of halogens is 2. The van der Waals surface area contributed by atoms with Crippen LogP contribution >= 0.6 is 0 Å². The van der Waals surface area contributed by atoms with Crippen molar-refractivity contribution in [2.24, 2.45) is 0 Å². The third kappa shape index (κ3) is 3.04. The van der Waals surface area contributed by atoms with Gasteiger partial charge in [-0.3, -0.25) is 4.57 Å². The Morgan fingerprint density at radius 3 is 2.93 bits per heavy atom. The van der Waals surface area contributed by atoms with E-state index in [0.29, 0.717) is 6.54 Å². The highest BCUT2D eigenvalue weighted by molar-refractivity contribution is 4.92. The molecule has 0 bridgehead atoms. The molecule has 0 saturated heterocycles. The summed E-state index contributed by atoms with van der Waals surface area (Å²) in [6.07, 6.45) is 2.06. The van der Waals surface area contributed by atoms with Crippen LogP contribution in [0.1, 0.15) is 19.3 Å². The van der Waals surface area contributed by atoms with Gasteiger partial charge in [0.05, 0.1) is 12.6 Å². The Balaban J connectivity index is 2.46. The second-order valence-corrected chi connectivity index (χ2v) is 3.01. The van der Waals surface area contributed by atoms with Crippen LogP contribution < -0.4 is 5.32 Å². The van der Waals surface area contributed by atoms with Crippen molar-refractivity contribution in [3.8, 4) is 0 Å². The van der Waals surface area contributed by atoms with Crippen molar-refractivity contribution in [2.45, 2.75) is 26.1 Å². The predicted octanol–water partition coefficient (Wildman–Crippen LogP) is 0.749. The van der Waals surface area contributed by atoms with Crippen LogP contribution in [0.5, 0.6) is 0 Å². The molecular weight excluding hydrogens is 192 g/mol. The fourth-order valence-electron chi connectivity index (χ4n) is 1.05.